The van der Waals surface area contributed by atoms with E-state index in [1.54, 1.807) is 23.9 Å². The van der Waals surface area contributed by atoms with Crippen LogP contribution in [0.1, 0.15) is 17.5 Å². The zero-order chi connectivity index (χ0) is 27.8. The van der Waals surface area contributed by atoms with Crippen molar-refractivity contribution < 1.29 is 19.1 Å². The van der Waals surface area contributed by atoms with Crippen LogP contribution in [-0.2, 0) is 22.4 Å². The zero-order valence-electron chi connectivity index (χ0n) is 22.7. The number of amides is 2. The van der Waals surface area contributed by atoms with Crippen LogP contribution in [0, 0.1) is 0 Å². The topological polar surface area (TPSA) is 143 Å². The van der Waals surface area contributed by atoms with Gasteiger partial charge in [0.25, 0.3) is 11.8 Å². The van der Waals surface area contributed by atoms with Crippen molar-refractivity contribution in [1.82, 2.24) is 19.8 Å². The molecule has 0 radical (unpaired) electrons. The SMILES string of the molecule is CN(CCCN(C)C(=O)COc1ccc2[nH]cc(CCN)c2c1)C(=O)COc1ccc2[nH]cc(CCN)c2c1. The van der Waals surface area contributed by atoms with E-state index < -0.39 is 0 Å². The Morgan fingerprint density at radius 1 is 0.744 bits per heavy atom. The highest BCUT2D eigenvalue weighted by atomic mass is 16.5. The van der Waals surface area contributed by atoms with Gasteiger partial charge < -0.3 is 40.7 Å². The van der Waals surface area contributed by atoms with Gasteiger partial charge in [0.2, 0.25) is 0 Å². The van der Waals surface area contributed by atoms with E-state index in [9.17, 15) is 9.59 Å². The summed E-state index contributed by atoms with van der Waals surface area (Å²) < 4.78 is 11.5. The average molecular weight is 535 g/mol. The smallest absolute Gasteiger partial charge is 0.260 e. The van der Waals surface area contributed by atoms with Crippen molar-refractivity contribution in [2.24, 2.45) is 11.5 Å². The number of hydrogen-bond donors (Lipinski definition) is 4. The molecule has 0 spiro atoms. The van der Waals surface area contributed by atoms with Crippen LogP contribution in [0.5, 0.6) is 11.5 Å². The second kappa shape index (κ2) is 13.2. The first-order valence-corrected chi connectivity index (χ1v) is 13.2. The predicted octanol–water partition coefficient (Wildman–Crippen LogP) is 2.42. The summed E-state index contributed by atoms with van der Waals surface area (Å²) in [6.07, 6.45) is 6.09. The van der Waals surface area contributed by atoms with Gasteiger partial charge in [-0.1, -0.05) is 0 Å². The molecule has 10 nitrogen and oxygen atoms in total. The quantitative estimate of drug-likeness (QED) is 0.196. The van der Waals surface area contributed by atoms with E-state index >= 15 is 0 Å². The average Bonchev–Trinajstić information content (AvgIpc) is 3.54. The highest BCUT2D eigenvalue weighted by molar-refractivity contribution is 5.86. The second-order valence-electron chi connectivity index (χ2n) is 9.68. The number of likely N-dealkylation sites (N-methyl/N-ethyl adjacent to an activating group) is 2. The number of nitrogens with two attached hydrogens (primary N) is 2. The Kier molecular flexibility index (Phi) is 9.45. The minimum atomic E-state index is -0.127. The standard InChI is InChI=1S/C29H38N6O4/c1-34(28(36)18-38-22-4-6-26-24(14-22)20(8-10-30)16-32-26)12-3-13-35(2)29(37)19-39-23-5-7-27-25(15-23)21(9-11-31)17-33-27/h4-7,14-17,32-33H,3,8-13,18-19,30-31H2,1-2H3. The van der Waals surface area contributed by atoms with E-state index in [4.69, 9.17) is 20.9 Å². The summed E-state index contributed by atoms with van der Waals surface area (Å²) in [5.41, 5.74) is 15.7. The Morgan fingerprint density at radius 2 is 1.18 bits per heavy atom. The second-order valence-corrected chi connectivity index (χ2v) is 9.68. The van der Waals surface area contributed by atoms with Crippen molar-refractivity contribution in [2.75, 3.05) is 53.5 Å². The molecule has 2 amide bonds. The summed E-state index contributed by atoms with van der Waals surface area (Å²) in [5, 5.41) is 2.11. The third kappa shape index (κ3) is 7.10. The van der Waals surface area contributed by atoms with E-state index in [1.165, 1.54) is 0 Å². The zero-order valence-corrected chi connectivity index (χ0v) is 22.7. The molecule has 10 heteroatoms. The van der Waals surface area contributed by atoms with Crippen LogP contribution in [0.15, 0.2) is 48.8 Å². The fraction of sp³-hybridized carbons (Fsp3) is 0.379. The number of carbonyl (C=O) groups is 2. The molecule has 6 N–H and O–H groups in total. The van der Waals surface area contributed by atoms with E-state index in [-0.39, 0.29) is 25.0 Å². The number of nitrogens with zero attached hydrogens (tertiary/aromatic N) is 2. The van der Waals surface area contributed by atoms with E-state index in [0.717, 1.165) is 45.8 Å². The molecule has 0 aliphatic carbocycles. The number of rotatable bonds is 14. The van der Waals surface area contributed by atoms with Crippen LogP contribution in [-0.4, -0.2) is 85.1 Å². The number of hydrogen-bond acceptors (Lipinski definition) is 6. The molecule has 2 aromatic heterocycles. The minimum absolute atomic E-state index is 0.0558. The maximum atomic E-state index is 12.6. The molecule has 0 aliphatic rings. The number of fused-ring (bicyclic) bond motifs is 2. The van der Waals surface area contributed by atoms with Gasteiger partial charge in [0.15, 0.2) is 13.2 Å². The fourth-order valence-electron chi connectivity index (χ4n) is 4.52. The Labute approximate surface area is 228 Å². The molecular formula is C29H38N6O4. The van der Waals surface area contributed by atoms with Gasteiger partial charge >= 0.3 is 0 Å². The van der Waals surface area contributed by atoms with E-state index in [2.05, 4.69) is 9.97 Å². The molecule has 2 aromatic carbocycles. The molecule has 2 heterocycles. The summed E-state index contributed by atoms with van der Waals surface area (Å²) >= 11 is 0. The Bertz CT molecular complexity index is 1310. The number of carbonyl (C=O) groups excluding carboxylic acids is 2. The van der Waals surface area contributed by atoms with Crippen molar-refractivity contribution in [2.45, 2.75) is 19.3 Å². The molecular weight excluding hydrogens is 496 g/mol. The van der Waals surface area contributed by atoms with Gasteiger partial charge in [0, 0.05) is 61.4 Å². The molecule has 208 valence electrons. The van der Waals surface area contributed by atoms with Crippen LogP contribution < -0.4 is 20.9 Å². The van der Waals surface area contributed by atoms with Crippen molar-refractivity contribution in [1.29, 1.82) is 0 Å². The molecule has 39 heavy (non-hydrogen) atoms. The lowest BCUT2D eigenvalue weighted by molar-refractivity contribution is -0.132. The summed E-state index contributed by atoms with van der Waals surface area (Å²) in [6.45, 7) is 2.03. The molecule has 4 rings (SSSR count). The van der Waals surface area contributed by atoms with E-state index in [0.29, 0.717) is 44.1 Å². The summed E-state index contributed by atoms with van der Waals surface area (Å²) in [6, 6.07) is 11.4. The van der Waals surface area contributed by atoms with Gasteiger partial charge in [-0.25, -0.2) is 0 Å². The number of nitrogens with one attached hydrogen (secondary N) is 2. The van der Waals surface area contributed by atoms with Gasteiger partial charge in [-0.15, -0.1) is 0 Å². The maximum Gasteiger partial charge on any atom is 0.260 e. The van der Waals surface area contributed by atoms with Gasteiger partial charge in [0.05, 0.1) is 0 Å². The van der Waals surface area contributed by atoms with Crippen molar-refractivity contribution in [3.8, 4) is 11.5 Å². The molecule has 0 saturated carbocycles. The first-order valence-electron chi connectivity index (χ1n) is 13.2. The Hall–Kier alpha value is -4.02. The Balaban J connectivity index is 1.18. The van der Waals surface area contributed by atoms with Gasteiger partial charge in [0.1, 0.15) is 11.5 Å². The van der Waals surface area contributed by atoms with Crippen LogP contribution in [0.2, 0.25) is 0 Å². The number of aromatic amines is 2. The number of benzene rings is 2. The summed E-state index contributed by atoms with van der Waals surface area (Å²) in [7, 11) is 3.48. The summed E-state index contributed by atoms with van der Waals surface area (Å²) in [5.74, 6) is 1.02. The maximum absolute atomic E-state index is 12.6. The van der Waals surface area contributed by atoms with Crippen LogP contribution >= 0.6 is 0 Å². The highest BCUT2D eigenvalue weighted by Crippen LogP contribution is 2.25. The first kappa shape index (κ1) is 28.0. The molecule has 0 saturated heterocycles. The molecule has 0 fully saturated rings. The van der Waals surface area contributed by atoms with Gasteiger partial charge in [-0.05, 0) is 79.9 Å². The van der Waals surface area contributed by atoms with Crippen LogP contribution in [0.25, 0.3) is 21.8 Å². The molecule has 0 bridgehead atoms. The lowest BCUT2D eigenvalue weighted by Crippen LogP contribution is -2.36. The largest absolute Gasteiger partial charge is 0.484 e. The number of ether oxygens (including phenoxy) is 2. The molecule has 0 aliphatic heterocycles. The summed E-state index contributed by atoms with van der Waals surface area (Å²) in [4.78, 5) is 34.8. The first-order chi connectivity index (χ1) is 18.9. The third-order valence-electron chi connectivity index (χ3n) is 6.87. The highest BCUT2D eigenvalue weighted by Gasteiger charge is 2.14. The van der Waals surface area contributed by atoms with Crippen molar-refractivity contribution in [3.63, 3.8) is 0 Å². The van der Waals surface area contributed by atoms with Gasteiger partial charge in [-0.2, -0.15) is 0 Å². The Morgan fingerprint density at radius 3 is 1.59 bits per heavy atom. The predicted molar refractivity (Wildman–Crippen MR) is 153 cm³/mol. The monoisotopic (exact) mass is 534 g/mol. The number of H-pyrrole nitrogens is 2. The van der Waals surface area contributed by atoms with E-state index in [1.807, 2.05) is 48.8 Å². The molecule has 4 aromatic rings. The lowest BCUT2D eigenvalue weighted by atomic mass is 10.1. The van der Waals surface area contributed by atoms with Crippen molar-refractivity contribution in [3.05, 3.63) is 59.9 Å². The third-order valence-corrected chi connectivity index (χ3v) is 6.87. The van der Waals surface area contributed by atoms with Crippen molar-refractivity contribution >= 4 is 33.6 Å². The normalized spacial score (nSPS) is 11.2. The van der Waals surface area contributed by atoms with Gasteiger partial charge in [-0.3, -0.25) is 9.59 Å². The molecule has 0 unspecified atom stereocenters. The number of aromatic nitrogens is 2. The molecule has 0 atom stereocenters. The lowest BCUT2D eigenvalue weighted by Gasteiger charge is -2.21. The fourth-order valence-corrected chi connectivity index (χ4v) is 4.52. The minimum Gasteiger partial charge on any atom is -0.484 e. The van der Waals surface area contributed by atoms with Crippen LogP contribution in [0.3, 0.4) is 0 Å². The van der Waals surface area contributed by atoms with Crippen LogP contribution in [0.4, 0.5) is 0 Å².